The number of nitrogens with zero attached hydrogens (tertiary/aromatic N) is 2. The highest BCUT2D eigenvalue weighted by Gasteiger charge is 2.18. The van der Waals surface area contributed by atoms with Gasteiger partial charge in [0.25, 0.3) is 0 Å². The van der Waals surface area contributed by atoms with Gasteiger partial charge in [-0.2, -0.15) is 0 Å². The summed E-state index contributed by atoms with van der Waals surface area (Å²) in [5.74, 6) is 0. The van der Waals surface area contributed by atoms with Crippen LogP contribution in [-0.4, -0.2) is 22.5 Å². The Balaban J connectivity index is 2.10. The minimum Gasteiger partial charge on any atom is -0.258 e. The standard InChI is InChI=1S/C18H17N3O5S/c1-3-20-16(22)19-17(23)21(18(20)24)13-6-10-15(11-7-13)27(25,26)14-8-4-12(2)5-9-14/h4-11H,3H2,1-2H3,(H,19,22,23). The van der Waals surface area contributed by atoms with Crippen LogP contribution in [0.1, 0.15) is 12.5 Å². The molecule has 0 aliphatic carbocycles. The zero-order chi connectivity index (χ0) is 19.8. The Bertz CT molecular complexity index is 1260. The Morgan fingerprint density at radius 3 is 1.89 bits per heavy atom. The number of nitrogens with one attached hydrogen (secondary N) is 1. The third-order valence-corrected chi connectivity index (χ3v) is 5.92. The molecular weight excluding hydrogens is 370 g/mol. The fourth-order valence-corrected chi connectivity index (χ4v) is 3.90. The van der Waals surface area contributed by atoms with Crippen molar-refractivity contribution in [1.82, 2.24) is 14.1 Å². The van der Waals surface area contributed by atoms with Crippen molar-refractivity contribution in [1.29, 1.82) is 0 Å². The van der Waals surface area contributed by atoms with Crippen molar-refractivity contribution in [2.45, 2.75) is 30.2 Å². The highest BCUT2D eigenvalue weighted by atomic mass is 32.2. The molecule has 9 heteroatoms. The summed E-state index contributed by atoms with van der Waals surface area (Å²) in [6.45, 7) is 3.55. The van der Waals surface area contributed by atoms with Crippen LogP contribution >= 0.6 is 0 Å². The maximum absolute atomic E-state index is 12.7. The molecule has 1 N–H and O–H groups in total. The second-order valence-electron chi connectivity index (χ2n) is 5.91. The van der Waals surface area contributed by atoms with Crippen molar-refractivity contribution in [2.75, 3.05) is 0 Å². The molecule has 140 valence electrons. The highest BCUT2D eigenvalue weighted by Crippen LogP contribution is 2.21. The Hall–Kier alpha value is -3.20. The SMILES string of the molecule is CCn1c(=O)[nH]c(=O)n(-c2ccc(S(=O)(=O)c3ccc(C)cc3)cc2)c1=O. The monoisotopic (exact) mass is 387 g/mol. The third kappa shape index (κ3) is 3.28. The van der Waals surface area contributed by atoms with Crippen molar-refractivity contribution in [3.05, 3.63) is 85.5 Å². The van der Waals surface area contributed by atoms with Crippen LogP contribution in [-0.2, 0) is 16.4 Å². The zero-order valence-corrected chi connectivity index (χ0v) is 15.5. The van der Waals surface area contributed by atoms with Gasteiger partial charge in [-0.3, -0.25) is 4.98 Å². The molecule has 0 spiro atoms. The lowest BCUT2D eigenvalue weighted by atomic mass is 10.2. The lowest BCUT2D eigenvalue weighted by Gasteiger charge is -2.09. The smallest absolute Gasteiger partial charge is 0.258 e. The van der Waals surface area contributed by atoms with E-state index in [-0.39, 0.29) is 22.0 Å². The molecule has 0 unspecified atom stereocenters. The van der Waals surface area contributed by atoms with Crippen molar-refractivity contribution in [3.63, 3.8) is 0 Å². The summed E-state index contributed by atoms with van der Waals surface area (Å²) in [5, 5.41) is 0. The fourth-order valence-electron chi connectivity index (χ4n) is 2.64. The molecule has 0 amide bonds. The first-order chi connectivity index (χ1) is 12.8. The van der Waals surface area contributed by atoms with Crippen LogP contribution in [0.15, 0.2) is 72.7 Å². The van der Waals surface area contributed by atoms with Crippen LogP contribution in [0.25, 0.3) is 5.69 Å². The Morgan fingerprint density at radius 1 is 0.852 bits per heavy atom. The van der Waals surface area contributed by atoms with Gasteiger partial charge in [-0.05, 0) is 50.2 Å². The van der Waals surface area contributed by atoms with E-state index in [9.17, 15) is 22.8 Å². The lowest BCUT2D eigenvalue weighted by Crippen LogP contribution is -2.48. The van der Waals surface area contributed by atoms with Crippen molar-refractivity contribution < 1.29 is 8.42 Å². The number of aromatic nitrogens is 3. The van der Waals surface area contributed by atoms with Gasteiger partial charge in [0.05, 0.1) is 15.5 Å². The second kappa shape index (κ2) is 6.84. The average Bonchev–Trinajstić information content (AvgIpc) is 2.62. The van der Waals surface area contributed by atoms with E-state index in [1.165, 1.54) is 36.4 Å². The number of hydrogen-bond acceptors (Lipinski definition) is 5. The van der Waals surface area contributed by atoms with Gasteiger partial charge in [-0.15, -0.1) is 0 Å². The predicted octanol–water partition coefficient (Wildman–Crippen LogP) is 0.849. The molecule has 0 bridgehead atoms. The normalized spacial score (nSPS) is 11.5. The molecule has 0 aliphatic rings. The van der Waals surface area contributed by atoms with Gasteiger partial charge in [-0.1, -0.05) is 17.7 Å². The molecule has 1 heterocycles. The number of sulfone groups is 1. The van der Waals surface area contributed by atoms with Gasteiger partial charge in [0.15, 0.2) is 0 Å². The number of hydrogen-bond donors (Lipinski definition) is 1. The first-order valence-electron chi connectivity index (χ1n) is 8.14. The van der Waals surface area contributed by atoms with E-state index in [1.54, 1.807) is 19.1 Å². The molecule has 0 fully saturated rings. The van der Waals surface area contributed by atoms with Gasteiger partial charge in [0, 0.05) is 6.54 Å². The molecule has 0 saturated heterocycles. The third-order valence-electron chi connectivity index (χ3n) is 4.14. The maximum Gasteiger partial charge on any atom is 0.340 e. The summed E-state index contributed by atoms with van der Waals surface area (Å²) in [6.07, 6.45) is 0. The zero-order valence-electron chi connectivity index (χ0n) is 14.7. The molecule has 0 radical (unpaired) electrons. The topological polar surface area (TPSA) is 111 Å². The summed E-state index contributed by atoms with van der Waals surface area (Å²) < 4.78 is 27.0. The minimum absolute atomic E-state index is 0.0309. The second-order valence-corrected chi connectivity index (χ2v) is 7.86. The Morgan fingerprint density at radius 2 is 1.37 bits per heavy atom. The van der Waals surface area contributed by atoms with Gasteiger partial charge in [0.2, 0.25) is 9.84 Å². The highest BCUT2D eigenvalue weighted by molar-refractivity contribution is 7.91. The summed E-state index contributed by atoms with van der Waals surface area (Å²) in [4.78, 5) is 38.3. The predicted molar refractivity (Wildman–Crippen MR) is 99.2 cm³/mol. The maximum atomic E-state index is 12.7. The number of aromatic amines is 1. The number of benzene rings is 2. The summed E-state index contributed by atoms with van der Waals surface area (Å²) in [6, 6.07) is 11.8. The van der Waals surface area contributed by atoms with Crippen LogP contribution < -0.4 is 17.1 Å². The molecular formula is C18H17N3O5S. The van der Waals surface area contributed by atoms with Crippen LogP contribution in [0.2, 0.25) is 0 Å². The molecule has 0 aliphatic heterocycles. The van der Waals surface area contributed by atoms with Crippen molar-refractivity contribution in [2.24, 2.45) is 0 Å². The van der Waals surface area contributed by atoms with E-state index in [2.05, 4.69) is 4.98 Å². The van der Waals surface area contributed by atoms with Crippen LogP contribution in [0, 0.1) is 6.92 Å². The van der Waals surface area contributed by atoms with Gasteiger partial charge in [0.1, 0.15) is 0 Å². The van der Waals surface area contributed by atoms with E-state index < -0.39 is 26.9 Å². The van der Waals surface area contributed by atoms with E-state index in [4.69, 9.17) is 0 Å². The summed E-state index contributed by atoms with van der Waals surface area (Å²) in [7, 11) is -3.72. The number of rotatable bonds is 4. The van der Waals surface area contributed by atoms with E-state index in [0.717, 1.165) is 14.7 Å². The minimum atomic E-state index is -3.72. The molecule has 8 nitrogen and oxygen atoms in total. The first-order valence-corrected chi connectivity index (χ1v) is 9.62. The van der Waals surface area contributed by atoms with E-state index in [1.807, 2.05) is 6.92 Å². The molecule has 2 aromatic carbocycles. The number of H-pyrrole nitrogens is 1. The van der Waals surface area contributed by atoms with Crippen molar-refractivity contribution >= 4 is 9.84 Å². The average molecular weight is 387 g/mol. The van der Waals surface area contributed by atoms with Crippen molar-refractivity contribution in [3.8, 4) is 5.69 Å². The fraction of sp³-hybridized carbons (Fsp3) is 0.167. The quantitative estimate of drug-likeness (QED) is 0.713. The molecule has 0 atom stereocenters. The van der Waals surface area contributed by atoms with E-state index >= 15 is 0 Å². The van der Waals surface area contributed by atoms with Gasteiger partial charge >= 0.3 is 17.1 Å². The van der Waals surface area contributed by atoms with Crippen LogP contribution in [0.3, 0.4) is 0 Å². The van der Waals surface area contributed by atoms with Gasteiger partial charge in [-0.25, -0.2) is 31.9 Å². The number of aryl methyl sites for hydroxylation is 1. The first kappa shape index (κ1) is 18.6. The molecule has 0 saturated carbocycles. The Labute approximate surface area is 154 Å². The van der Waals surface area contributed by atoms with E-state index in [0.29, 0.717) is 0 Å². The summed E-state index contributed by atoms with van der Waals surface area (Å²) >= 11 is 0. The van der Waals surface area contributed by atoms with Crippen LogP contribution in [0.5, 0.6) is 0 Å². The van der Waals surface area contributed by atoms with Crippen LogP contribution in [0.4, 0.5) is 0 Å². The Kier molecular flexibility index (Phi) is 4.71. The summed E-state index contributed by atoms with van der Waals surface area (Å²) in [5.41, 5.74) is -1.37. The molecule has 3 aromatic rings. The molecule has 1 aromatic heterocycles. The van der Waals surface area contributed by atoms with Gasteiger partial charge < -0.3 is 0 Å². The molecule has 3 rings (SSSR count). The lowest BCUT2D eigenvalue weighted by molar-refractivity contribution is 0.595. The molecule has 27 heavy (non-hydrogen) atoms. The largest absolute Gasteiger partial charge is 0.340 e.